The molecular formula is C16H18N2O. The third kappa shape index (κ3) is 2.29. The van der Waals surface area contributed by atoms with Crippen LogP contribution in [0.4, 0.5) is 5.69 Å². The minimum atomic E-state index is 0.187. The van der Waals surface area contributed by atoms with Gasteiger partial charge in [-0.05, 0) is 41.8 Å². The minimum absolute atomic E-state index is 0.187. The molecule has 1 aliphatic rings. The molecule has 98 valence electrons. The third-order valence-electron chi connectivity index (χ3n) is 3.79. The highest BCUT2D eigenvalue weighted by molar-refractivity contribution is 5.58. The lowest BCUT2D eigenvalue weighted by molar-refractivity contribution is 0.477. The van der Waals surface area contributed by atoms with Crippen LogP contribution in [0, 0.1) is 0 Å². The lowest BCUT2D eigenvalue weighted by atomic mass is 9.87. The molecule has 1 aliphatic heterocycles. The van der Waals surface area contributed by atoms with Crippen molar-refractivity contribution < 1.29 is 5.11 Å². The molecule has 0 radical (unpaired) electrons. The number of rotatable bonds is 1. The quantitative estimate of drug-likeness (QED) is 0.540. The summed E-state index contributed by atoms with van der Waals surface area (Å²) in [6, 6.07) is 14.2. The Labute approximate surface area is 113 Å². The van der Waals surface area contributed by atoms with E-state index in [-0.39, 0.29) is 5.75 Å². The van der Waals surface area contributed by atoms with Crippen LogP contribution in [0.15, 0.2) is 42.5 Å². The Bertz CT molecular complexity index is 581. The van der Waals surface area contributed by atoms with Gasteiger partial charge < -0.3 is 16.2 Å². The van der Waals surface area contributed by atoms with Crippen LogP contribution in [0.25, 0.3) is 0 Å². The maximum Gasteiger partial charge on any atom is 0.138 e. The molecule has 3 heteroatoms. The monoisotopic (exact) mass is 254 g/mol. The summed E-state index contributed by atoms with van der Waals surface area (Å²) >= 11 is 0. The van der Waals surface area contributed by atoms with Crippen molar-refractivity contribution in [3.8, 4) is 5.75 Å². The fraction of sp³-hybridized carbons (Fsp3) is 0.250. The lowest BCUT2D eigenvalue weighted by Crippen LogP contribution is -2.20. The number of nitrogens with one attached hydrogen (secondary N) is 1. The minimum Gasteiger partial charge on any atom is -0.506 e. The summed E-state index contributed by atoms with van der Waals surface area (Å²) in [4.78, 5) is 0. The van der Waals surface area contributed by atoms with E-state index < -0.39 is 0 Å². The van der Waals surface area contributed by atoms with Gasteiger partial charge in [-0.2, -0.15) is 0 Å². The Balaban J connectivity index is 2.11. The van der Waals surface area contributed by atoms with Crippen molar-refractivity contribution in [2.45, 2.75) is 12.3 Å². The Morgan fingerprint density at radius 3 is 2.74 bits per heavy atom. The number of anilines is 1. The number of nitrogens with two attached hydrogens (primary N) is 1. The van der Waals surface area contributed by atoms with Gasteiger partial charge in [0.05, 0.1) is 5.69 Å². The molecule has 0 fully saturated rings. The van der Waals surface area contributed by atoms with Crippen molar-refractivity contribution in [2.24, 2.45) is 0 Å². The van der Waals surface area contributed by atoms with Crippen molar-refractivity contribution in [1.29, 1.82) is 0 Å². The largest absolute Gasteiger partial charge is 0.506 e. The molecule has 0 saturated heterocycles. The van der Waals surface area contributed by atoms with E-state index in [0.29, 0.717) is 11.6 Å². The number of fused-ring (bicyclic) bond motifs is 1. The second-order valence-electron chi connectivity index (χ2n) is 5.03. The molecule has 3 rings (SSSR count). The summed E-state index contributed by atoms with van der Waals surface area (Å²) in [5.74, 6) is 0.481. The zero-order chi connectivity index (χ0) is 13.2. The fourth-order valence-corrected chi connectivity index (χ4v) is 2.77. The molecule has 1 heterocycles. The van der Waals surface area contributed by atoms with Crippen molar-refractivity contribution in [3.63, 3.8) is 0 Å². The standard InChI is InChI=1S/C16H18N2O/c17-15-9-13-12(8-16(15)19)6-7-18-10-14(13)11-4-2-1-3-5-11/h1-5,8-9,14,18-19H,6-7,10,17H2. The molecule has 0 amide bonds. The molecular weight excluding hydrogens is 236 g/mol. The first-order chi connectivity index (χ1) is 9.25. The van der Waals surface area contributed by atoms with Gasteiger partial charge in [0, 0.05) is 12.5 Å². The normalized spacial score (nSPS) is 18.6. The first-order valence-corrected chi connectivity index (χ1v) is 6.62. The van der Waals surface area contributed by atoms with E-state index in [1.165, 1.54) is 16.7 Å². The van der Waals surface area contributed by atoms with Crippen LogP contribution in [0.2, 0.25) is 0 Å². The summed E-state index contributed by atoms with van der Waals surface area (Å²) in [7, 11) is 0. The molecule has 0 spiro atoms. The van der Waals surface area contributed by atoms with Crippen LogP contribution >= 0.6 is 0 Å². The highest BCUT2D eigenvalue weighted by Crippen LogP contribution is 2.34. The number of benzene rings is 2. The maximum absolute atomic E-state index is 9.78. The van der Waals surface area contributed by atoms with E-state index in [2.05, 4.69) is 29.6 Å². The Morgan fingerprint density at radius 1 is 1.16 bits per heavy atom. The number of nitrogen functional groups attached to an aromatic ring is 1. The molecule has 0 saturated carbocycles. The summed E-state index contributed by atoms with van der Waals surface area (Å²) in [6.45, 7) is 1.83. The van der Waals surface area contributed by atoms with Gasteiger partial charge in [-0.1, -0.05) is 30.3 Å². The first-order valence-electron chi connectivity index (χ1n) is 6.62. The average Bonchev–Trinajstić information content (AvgIpc) is 2.63. The molecule has 1 unspecified atom stereocenters. The predicted molar refractivity (Wildman–Crippen MR) is 77.4 cm³/mol. The van der Waals surface area contributed by atoms with Crippen molar-refractivity contribution in [2.75, 3.05) is 18.8 Å². The molecule has 3 nitrogen and oxygen atoms in total. The van der Waals surface area contributed by atoms with Gasteiger partial charge in [0.2, 0.25) is 0 Å². The second-order valence-corrected chi connectivity index (χ2v) is 5.03. The molecule has 4 N–H and O–H groups in total. The fourth-order valence-electron chi connectivity index (χ4n) is 2.77. The number of phenolic OH excluding ortho intramolecular Hbond substituents is 1. The van der Waals surface area contributed by atoms with Gasteiger partial charge in [0.15, 0.2) is 0 Å². The smallest absolute Gasteiger partial charge is 0.138 e. The number of phenols is 1. The Kier molecular flexibility index (Phi) is 3.13. The van der Waals surface area contributed by atoms with Gasteiger partial charge in [0.1, 0.15) is 5.75 Å². The summed E-state index contributed by atoms with van der Waals surface area (Å²) in [5, 5.41) is 13.2. The molecule has 1 atom stereocenters. The van der Waals surface area contributed by atoms with Gasteiger partial charge >= 0.3 is 0 Å². The van der Waals surface area contributed by atoms with E-state index in [1.54, 1.807) is 0 Å². The predicted octanol–water partition coefficient (Wildman–Crippen LogP) is 2.25. The van der Waals surface area contributed by atoms with Crippen LogP contribution in [0.5, 0.6) is 5.75 Å². The molecule has 19 heavy (non-hydrogen) atoms. The molecule has 0 bridgehead atoms. The van der Waals surface area contributed by atoms with Crippen LogP contribution in [0.1, 0.15) is 22.6 Å². The van der Waals surface area contributed by atoms with E-state index in [9.17, 15) is 5.11 Å². The van der Waals surface area contributed by atoms with Crippen LogP contribution in [0.3, 0.4) is 0 Å². The zero-order valence-electron chi connectivity index (χ0n) is 10.8. The molecule has 0 aliphatic carbocycles. The molecule has 2 aromatic rings. The number of hydrogen-bond donors (Lipinski definition) is 3. The molecule has 0 aromatic heterocycles. The zero-order valence-corrected chi connectivity index (χ0v) is 10.8. The maximum atomic E-state index is 9.78. The van der Waals surface area contributed by atoms with Crippen molar-refractivity contribution >= 4 is 5.69 Å². The second kappa shape index (κ2) is 4.94. The topological polar surface area (TPSA) is 58.3 Å². The van der Waals surface area contributed by atoms with Gasteiger partial charge in [-0.3, -0.25) is 0 Å². The third-order valence-corrected chi connectivity index (χ3v) is 3.79. The summed E-state index contributed by atoms with van der Waals surface area (Å²) < 4.78 is 0. The first kappa shape index (κ1) is 12.1. The summed E-state index contributed by atoms with van der Waals surface area (Å²) in [5.41, 5.74) is 10.0. The summed E-state index contributed by atoms with van der Waals surface area (Å²) in [6.07, 6.45) is 0.923. The van der Waals surface area contributed by atoms with E-state index in [0.717, 1.165) is 19.5 Å². The lowest BCUT2D eigenvalue weighted by Gasteiger charge is -2.19. The van der Waals surface area contributed by atoms with Crippen molar-refractivity contribution in [1.82, 2.24) is 5.32 Å². The van der Waals surface area contributed by atoms with Gasteiger partial charge in [0.25, 0.3) is 0 Å². The van der Waals surface area contributed by atoms with E-state index >= 15 is 0 Å². The van der Waals surface area contributed by atoms with Crippen LogP contribution < -0.4 is 11.1 Å². The van der Waals surface area contributed by atoms with Crippen LogP contribution in [-0.4, -0.2) is 18.2 Å². The molecule has 2 aromatic carbocycles. The van der Waals surface area contributed by atoms with Gasteiger partial charge in [-0.15, -0.1) is 0 Å². The number of hydrogen-bond acceptors (Lipinski definition) is 3. The SMILES string of the molecule is Nc1cc2c(cc1O)CCNCC2c1ccccc1. The van der Waals surface area contributed by atoms with Crippen molar-refractivity contribution in [3.05, 3.63) is 59.2 Å². The van der Waals surface area contributed by atoms with Crippen LogP contribution in [-0.2, 0) is 6.42 Å². The Hall–Kier alpha value is -2.00. The van der Waals surface area contributed by atoms with E-state index in [1.807, 2.05) is 18.2 Å². The van der Waals surface area contributed by atoms with Gasteiger partial charge in [-0.25, -0.2) is 0 Å². The Morgan fingerprint density at radius 2 is 1.95 bits per heavy atom. The number of aromatic hydroxyl groups is 1. The van der Waals surface area contributed by atoms with E-state index in [4.69, 9.17) is 5.73 Å². The highest BCUT2D eigenvalue weighted by Gasteiger charge is 2.21. The average molecular weight is 254 g/mol. The highest BCUT2D eigenvalue weighted by atomic mass is 16.3.